The lowest BCUT2D eigenvalue weighted by molar-refractivity contribution is -0.385. The summed E-state index contributed by atoms with van der Waals surface area (Å²) in [6, 6.07) is 17.7. The van der Waals surface area contributed by atoms with Crippen LogP contribution in [0.25, 0.3) is 11.1 Å². The summed E-state index contributed by atoms with van der Waals surface area (Å²) in [4.78, 5) is 35.7. The van der Waals surface area contributed by atoms with E-state index < -0.39 is 10.8 Å². The standard InChI is InChI=1S/C27H26Cl2N4O4/c28-22-13-19(17-5-2-1-3-6-17)14-23(29)26(22)27(35)31-12-11-30-25(34)16-32-24-8-4-7-18-9-10-20(33(36)37)15-21(18)24/h1-3,5-6,9-10,13-15,24,32H,4,7-8,11-12,16H2,(H,30,34)(H,31,35). The second kappa shape index (κ2) is 12.2. The van der Waals surface area contributed by atoms with Crippen molar-refractivity contribution in [2.45, 2.75) is 25.3 Å². The van der Waals surface area contributed by atoms with E-state index in [1.165, 1.54) is 6.07 Å². The van der Waals surface area contributed by atoms with Crippen molar-refractivity contribution < 1.29 is 14.5 Å². The van der Waals surface area contributed by atoms with E-state index in [9.17, 15) is 19.7 Å². The second-order valence-corrected chi connectivity index (χ2v) is 9.57. The van der Waals surface area contributed by atoms with Crippen LogP contribution in [0.15, 0.2) is 60.7 Å². The van der Waals surface area contributed by atoms with Crippen LogP contribution in [-0.2, 0) is 11.2 Å². The third kappa shape index (κ3) is 6.65. The molecule has 1 aliphatic rings. The number of hydrogen-bond donors (Lipinski definition) is 3. The van der Waals surface area contributed by atoms with Crippen molar-refractivity contribution in [1.82, 2.24) is 16.0 Å². The number of amides is 2. The summed E-state index contributed by atoms with van der Waals surface area (Å²) in [6.07, 6.45) is 2.59. The Balaban J connectivity index is 1.25. The number of nitrogens with one attached hydrogen (secondary N) is 3. The van der Waals surface area contributed by atoms with Crippen LogP contribution in [0.1, 0.15) is 40.4 Å². The molecule has 1 aliphatic carbocycles. The number of carbonyl (C=O) groups is 2. The number of halogens is 2. The van der Waals surface area contributed by atoms with Gasteiger partial charge in [-0.15, -0.1) is 0 Å². The van der Waals surface area contributed by atoms with Gasteiger partial charge >= 0.3 is 0 Å². The third-order valence-corrected chi connectivity index (χ3v) is 6.87. The van der Waals surface area contributed by atoms with Gasteiger partial charge < -0.3 is 16.0 Å². The average molecular weight is 541 g/mol. The zero-order valence-electron chi connectivity index (χ0n) is 19.9. The number of carbonyl (C=O) groups excluding carboxylic acids is 2. The van der Waals surface area contributed by atoms with Gasteiger partial charge in [-0.25, -0.2) is 0 Å². The van der Waals surface area contributed by atoms with Gasteiger partial charge in [0.05, 0.1) is 27.1 Å². The SMILES string of the molecule is O=C(CNC1CCCc2ccc([N+](=O)[O-])cc21)NCCNC(=O)c1c(Cl)cc(-c2ccccc2)cc1Cl. The molecule has 1 atom stereocenters. The van der Waals surface area contributed by atoms with Gasteiger partial charge in [0.15, 0.2) is 0 Å². The number of nitro groups is 1. The summed E-state index contributed by atoms with van der Waals surface area (Å²) in [5.74, 6) is -0.669. The summed E-state index contributed by atoms with van der Waals surface area (Å²) in [5, 5.41) is 20.3. The molecule has 0 spiro atoms. The largest absolute Gasteiger partial charge is 0.353 e. The van der Waals surface area contributed by atoms with Crippen molar-refractivity contribution in [3.05, 3.63) is 97.5 Å². The van der Waals surface area contributed by atoms with Gasteiger partial charge in [0, 0.05) is 31.3 Å². The van der Waals surface area contributed by atoms with Gasteiger partial charge in [0.1, 0.15) is 0 Å². The summed E-state index contributed by atoms with van der Waals surface area (Å²) in [7, 11) is 0. The van der Waals surface area contributed by atoms with Gasteiger partial charge in [0.2, 0.25) is 5.91 Å². The van der Waals surface area contributed by atoms with Crippen LogP contribution in [0.4, 0.5) is 5.69 Å². The molecule has 10 heteroatoms. The number of nitrogens with zero attached hydrogens (tertiary/aromatic N) is 1. The van der Waals surface area contributed by atoms with Crippen molar-refractivity contribution in [1.29, 1.82) is 0 Å². The topological polar surface area (TPSA) is 113 Å². The van der Waals surface area contributed by atoms with Gasteiger partial charge in [0.25, 0.3) is 11.6 Å². The van der Waals surface area contributed by atoms with E-state index in [-0.39, 0.29) is 52.9 Å². The number of hydrogen-bond acceptors (Lipinski definition) is 5. The monoisotopic (exact) mass is 540 g/mol. The Labute approximate surface area is 224 Å². The van der Waals surface area contributed by atoms with Crippen LogP contribution in [-0.4, -0.2) is 36.4 Å². The highest BCUT2D eigenvalue weighted by atomic mass is 35.5. The Hall–Kier alpha value is -3.46. The molecule has 3 N–H and O–H groups in total. The van der Waals surface area contributed by atoms with Crippen LogP contribution in [0.3, 0.4) is 0 Å². The Kier molecular flexibility index (Phi) is 8.76. The molecule has 0 aliphatic heterocycles. The molecule has 0 heterocycles. The molecule has 0 radical (unpaired) electrons. The Morgan fingerprint density at radius 3 is 2.35 bits per heavy atom. The maximum atomic E-state index is 12.7. The molecule has 8 nitrogen and oxygen atoms in total. The van der Waals surface area contributed by atoms with Gasteiger partial charge in [-0.3, -0.25) is 19.7 Å². The van der Waals surface area contributed by atoms with Crippen LogP contribution in [0, 0.1) is 10.1 Å². The Morgan fingerprint density at radius 2 is 1.65 bits per heavy atom. The van der Waals surface area contributed by atoms with Crippen molar-refractivity contribution in [3.63, 3.8) is 0 Å². The van der Waals surface area contributed by atoms with E-state index in [0.717, 1.165) is 41.5 Å². The predicted octanol–water partition coefficient (Wildman–Crippen LogP) is 5.08. The van der Waals surface area contributed by atoms with Crippen molar-refractivity contribution in [2.24, 2.45) is 0 Å². The number of fused-ring (bicyclic) bond motifs is 1. The van der Waals surface area contributed by atoms with E-state index in [2.05, 4.69) is 16.0 Å². The van der Waals surface area contributed by atoms with E-state index in [1.54, 1.807) is 24.3 Å². The number of nitro benzene ring substituents is 1. The lowest BCUT2D eigenvalue weighted by atomic mass is 9.87. The molecule has 0 aromatic heterocycles. The maximum Gasteiger partial charge on any atom is 0.269 e. The van der Waals surface area contributed by atoms with Crippen molar-refractivity contribution in [3.8, 4) is 11.1 Å². The first-order valence-corrected chi connectivity index (χ1v) is 12.7. The molecule has 4 rings (SSSR count). The number of benzene rings is 3. The van der Waals surface area contributed by atoms with Gasteiger partial charge in [-0.1, -0.05) is 59.6 Å². The molecular formula is C27H26Cl2N4O4. The average Bonchev–Trinajstić information content (AvgIpc) is 2.89. The van der Waals surface area contributed by atoms with Crippen LogP contribution >= 0.6 is 23.2 Å². The fourth-order valence-electron chi connectivity index (χ4n) is 4.44. The molecule has 37 heavy (non-hydrogen) atoms. The molecule has 192 valence electrons. The number of aryl methyl sites for hydroxylation is 1. The van der Waals surface area contributed by atoms with Crippen LogP contribution in [0.2, 0.25) is 10.0 Å². The second-order valence-electron chi connectivity index (χ2n) is 8.75. The van der Waals surface area contributed by atoms with Crippen LogP contribution in [0.5, 0.6) is 0 Å². The first kappa shape index (κ1) is 26.6. The Morgan fingerprint density at radius 1 is 0.946 bits per heavy atom. The van der Waals surface area contributed by atoms with Crippen molar-refractivity contribution in [2.75, 3.05) is 19.6 Å². The fourth-order valence-corrected chi connectivity index (χ4v) is 5.10. The summed E-state index contributed by atoms with van der Waals surface area (Å²) in [6.45, 7) is 0.464. The van der Waals surface area contributed by atoms with E-state index in [1.807, 2.05) is 30.3 Å². The molecule has 0 saturated heterocycles. The highest BCUT2D eigenvalue weighted by Gasteiger charge is 2.23. The minimum absolute atomic E-state index is 0.0440. The zero-order valence-corrected chi connectivity index (χ0v) is 21.4. The highest BCUT2D eigenvalue weighted by Crippen LogP contribution is 2.33. The zero-order chi connectivity index (χ0) is 26.4. The lowest BCUT2D eigenvalue weighted by Gasteiger charge is -2.26. The summed E-state index contributed by atoms with van der Waals surface area (Å²) < 4.78 is 0. The number of rotatable bonds is 9. The lowest BCUT2D eigenvalue weighted by Crippen LogP contribution is -2.40. The minimum atomic E-state index is -0.428. The van der Waals surface area contributed by atoms with E-state index >= 15 is 0 Å². The first-order valence-electron chi connectivity index (χ1n) is 11.9. The van der Waals surface area contributed by atoms with Crippen LogP contribution < -0.4 is 16.0 Å². The summed E-state index contributed by atoms with van der Waals surface area (Å²) >= 11 is 12.7. The molecule has 3 aromatic rings. The smallest absolute Gasteiger partial charge is 0.269 e. The van der Waals surface area contributed by atoms with Gasteiger partial charge in [-0.05, 0) is 53.6 Å². The molecule has 0 saturated carbocycles. The van der Waals surface area contributed by atoms with E-state index in [0.29, 0.717) is 0 Å². The third-order valence-electron chi connectivity index (χ3n) is 6.27. The number of non-ortho nitro benzene ring substituents is 1. The Bertz CT molecular complexity index is 1290. The molecule has 0 fully saturated rings. The maximum absolute atomic E-state index is 12.7. The molecular weight excluding hydrogens is 515 g/mol. The van der Waals surface area contributed by atoms with Gasteiger partial charge in [-0.2, -0.15) is 0 Å². The fraction of sp³-hybridized carbons (Fsp3) is 0.259. The summed E-state index contributed by atoms with van der Waals surface area (Å²) in [5.41, 5.74) is 3.90. The first-order chi connectivity index (χ1) is 17.8. The molecule has 0 bridgehead atoms. The molecule has 2 amide bonds. The highest BCUT2D eigenvalue weighted by molar-refractivity contribution is 6.40. The van der Waals surface area contributed by atoms with Crippen molar-refractivity contribution >= 4 is 40.7 Å². The molecule has 1 unspecified atom stereocenters. The van der Waals surface area contributed by atoms with E-state index in [4.69, 9.17) is 23.2 Å². The minimum Gasteiger partial charge on any atom is -0.353 e. The molecule has 3 aromatic carbocycles. The predicted molar refractivity (Wildman–Crippen MR) is 144 cm³/mol. The quantitative estimate of drug-likeness (QED) is 0.199. The normalized spacial score (nSPS) is 14.5.